The van der Waals surface area contributed by atoms with Crippen LogP contribution in [0.3, 0.4) is 0 Å². The van der Waals surface area contributed by atoms with E-state index in [-0.39, 0.29) is 28.0 Å². The van der Waals surface area contributed by atoms with Gasteiger partial charge in [0.1, 0.15) is 18.0 Å². The van der Waals surface area contributed by atoms with Crippen LogP contribution < -0.4 is 4.74 Å². The van der Waals surface area contributed by atoms with Crippen LogP contribution >= 0.6 is 23.2 Å². The van der Waals surface area contributed by atoms with E-state index in [0.717, 1.165) is 21.9 Å². The number of hydrogen-bond donors (Lipinski definition) is 0. The average Bonchev–Trinajstić information content (AvgIpc) is 3.17. The van der Waals surface area contributed by atoms with Crippen LogP contribution in [0.25, 0.3) is 16.8 Å². The van der Waals surface area contributed by atoms with Gasteiger partial charge in [0.05, 0.1) is 15.7 Å². The Morgan fingerprint density at radius 1 is 0.871 bits per heavy atom. The second-order valence-corrected chi connectivity index (χ2v) is 7.36. The molecule has 4 nitrogen and oxygen atoms in total. The Morgan fingerprint density at radius 2 is 1.48 bits per heavy atom. The lowest BCUT2D eigenvalue weighted by Crippen LogP contribution is -2.09. The van der Waals surface area contributed by atoms with Gasteiger partial charge in [0.15, 0.2) is 5.69 Å². The fourth-order valence-corrected chi connectivity index (χ4v) is 3.55. The van der Waals surface area contributed by atoms with Gasteiger partial charge < -0.3 is 4.74 Å². The van der Waals surface area contributed by atoms with Crippen molar-refractivity contribution in [3.05, 3.63) is 94.5 Å². The molecule has 4 rings (SSSR count). The first-order valence-electron chi connectivity index (χ1n) is 9.07. The molecule has 4 aromatic rings. The van der Waals surface area contributed by atoms with Crippen LogP contribution in [0.4, 0.5) is 13.2 Å². The van der Waals surface area contributed by atoms with Gasteiger partial charge in [0.25, 0.3) is 0 Å². The van der Waals surface area contributed by atoms with Gasteiger partial charge in [-0.1, -0.05) is 41.4 Å². The molecule has 0 spiro atoms. The molecule has 0 unspecified atom stereocenters. The quantitative estimate of drug-likeness (QED) is 0.325. The van der Waals surface area contributed by atoms with Crippen molar-refractivity contribution < 1.29 is 17.9 Å². The summed E-state index contributed by atoms with van der Waals surface area (Å²) in [6.07, 6.45) is -1.24. The van der Waals surface area contributed by atoms with E-state index in [0.29, 0.717) is 5.75 Å². The minimum absolute atomic E-state index is 0.153. The zero-order chi connectivity index (χ0) is 22.0. The van der Waals surface area contributed by atoms with Crippen molar-refractivity contribution in [2.45, 2.75) is 12.8 Å². The highest BCUT2D eigenvalue weighted by atomic mass is 35.5. The molecule has 0 radical (unpaired) electrons. The van der Waals surface area contributed by atoms with Crippen molar-refractivity contribution in [2.75, 3.05) is 0 Å². The summed E-state index contributed by atoms with van der Waals surface area (Å²) in [6.45, 7) is -0.167. The first kappa shape index (κ1) is 21.2. The third-order valence-corrected chi connectivity index (χ3v) is 5.09. The summed E-state index contributed by atoms with van der Waals surface area (Å²) >= 11 is 12.4. The highest BCUT2D eigenvalue weighted by Gasteiger charge is 2.35. The summed E-state index contributed by atoms with van der Waals surface area (Å²) in [4.78, 5) is 3.98. The molecule has 0 atom stereocenters. The van der Waals surface area contributed by atoms with Crippen LogP contribution in [0, 0.1) is 0 Å². The summed E-state index contributed by atoms with van der Waals surface area (Å²) < 4.78 is 46.6. The van der Waals surface area contributed by atoms with Gasteiger partial charge in [-0.15, -0.1) is 0 Å². The van der Waals surface area contributed by atoms with E-state index < -0.39 is 11.9 Å². The topological polar surface area (TPSA) is 39.9 Å². The normalized spacial score (nSPS) is 11.5. The van der Waals surface area contributed by atoms with Crippen LogP contribution in [0.15, 0.2) is 73.1 Å². The number of benzene rings is 2. The summed E-state index contributed by atoms with van der Waals surface area (Å²) in [6, 6.07) is 16.5. The molecular formula is C22H14Cl2F3N3O. The van der Waals surface area contributed by atoms with Crippen molar-refractivity contribution in [1.82, 2.24) is 14.8 Å². The maximum absolute atomic E-state index is 13.3. The van der Waals surface area contributed by atoms with E-state index in [1.165, 1.54) is 12.1 Å². The lowest BCUT2D eigenvalue weighted by molar-refractivity contribution is -0.141. The Morgan fingerprint density at radius 3 is 2.10 bits per heavy atom. The van der Waals surface area contributed by atoms with Gasteiger partial charge >= 0.3 is 6.18 Å². The van der Waals surface area contributed by atoms with E-state index in [9.17, 15) is 13.2 Å². The Hall–Kier alpha value is -3.03. The number of para-hydroxylation sites is 1. The van der Waals surface area contributed by atoms with E-state index >= 15 is 0 Å². The molecule has 0 saturated heterocycles. The molecule has 0 N–H and O–H groups in total. The largest absolute Gasteiger partial charge is 0.487 e. The molecule has 2 aromatic heterocycles. The maximum atomic E-state index is 13.3. The van der Waals surface area contributed by atoms with Crippen LogP contribution in [0.5, 0.6) is 5.75 Å². The van der Waals surface area contributed by atoms with Crippen molar-refractivity contribution in [2.24, 2.45) is 0 Å². The van der Waals surface area contributed by atoms with Gasteiger partial charge in [-0.25, -0.2) is 4.68 Å². The number of hydrogen-bond acceptors (Lipinski definition) is 3. The predicted molar refractivity (Wildman–Crippen MR) is 113 cm³/mol. The summed E-state index contributed by atoms with van der Waals surface area (Å²) in [7, 11) is 0. The highest BCUT2D eigenvalue weighted by molar-refractivity contribution is 6.37. The Bertz CT molecular complexity index is 1170. The molecule has 9 heteroatoms. The number of ether oxygens (including phenoxy) is 1. The standard InChI is InChI=1S/C22H14Cl2F3N3O/c23-18-2-1-3-19(24)21(18)30-16(12-20(29-30)22(25,26)27)13-31-17-6-4-14(5-7-17)15-8-10-28-11-9-15/h1-12H,13H2. The molecule has 0 aliphatic heterocycles. The van der Waals surface area contributed by atoms with Crippen molar-refractivity contribution >= 4 is 23.2 Å². The first-order valence-corrected chi connectivity index (χ1v) is 9.82. The first-order chi connectivity index (χ1) is 14.8. The highest BCUT2D eigenvalue weighted by Crippen LogP contribution is 2.34. The van der Waals surface area contributed by atoms with E-state index in [1.807, 2.05) is 24.3 Å². The molecule has 0 bridgehead atoms. The van der Waals surface area contributed by atoms with Gasteiger partial charge in [-0.05, 0) is 53.6 Å². The van der Waals surface area contributed by atoms with Crippen LogP contribution in [0.2, 0.25) is 10.0 Å². The molecule has 158 valence electrons. The monoisotopic (exact) mass is 463 g/mol. The molecule has 0 amide bonds. The van der Waals surface area contributed by atoms with E-state index in [2.05, 4.69) is 10.1 Å². The predicted octanol–water partition coefficient (Wildman–Crippen LogP) is 6.84. The molecule has 0 aliphatic rings. The lowest BCUT2D eigenvalue weighted by Gasteiger charge is -2.12. The zero-order valence-corrected chi connectivity index (χ0v) is 17.3. The number of halogens is 5. The zero-order valence-electron chi connectivity index (χ0n) is 15.8. The van der Waals surface area contributed by atoms with E-state index in [4.69, 9.17) is 27.9 Å². The fourth-order valence-electron chi connectivity index (χ4n) is 2.99. The smallest absolute Gasteiger partial charge is 0.435 e. The Kier molecular flexibility index (Phi) is 5.89. The fraction of sp³-hybridized carbons (Fsp3) is 0.0909. The SMILES string of the molecule is FC(F)(F)c1cc(COc2ccc(-c3ccncc3)cc2)n(-c2c(Cl)cccc2Cl)n1. The van der Waals surface area contributed by atoms with Gasteiger partial charge in [-0.3, -0.25) is 4.98 Å². The minimum Gasteiger partial charge on any atom is -0.487 e. The van der Waals surface area contributed by atoms with Gasteiger partial charge in [0.2, 0.25) is 0 Å². The maximum Gasteiger partial charge on any atom is 0.435 e. The minimum atomic E-state index is -4.63. The summed E-state index contributed by atoms with van der Waals surface area (Å²) in [5, 5.41) is 4.02. The number of nitrogens with zero attached hydrogens (tertiary/aromatic N) is 3. The van der Waals surface area contributed by atoms with Gasteiger partial charge in [0, 0.05) is 12.4 Å². The molecule has 0 aliphatic carbocycles. The van der Waals surface area contributed by atoms with E-state index in [1.54, 1.807) is 30.6 Å². The molecule has 31 heavy (non-hydrogen) atoms. The van der Waals surface area contributed by atoms with Crippen molar-refractivity contribution in [3.63, 3.8) is 0 Å². The van der Waals surface area contributed by atoms with Crippen molar-refractivity contribution in [1.29, 1.82) is 0 Å². The number of alkyl halides is 3. The summed E-state index contributed by atoms with van der Waals surface area (Å²) in [5.74, 6) is 0.490. The van der Waals surface area contributed by atoms with Gasteiger partial charge in [-0.2, -0.15) is 18.3 Å². The number of aromatic nitrogens is 3. The summed E-state index contributed by atoms with van der Waals surface area (Å²) in [5.41, 5.74) is 1.20. The molecule has 2 heterocycles. The van der Waals surface area contributed by atoms with Crippen LogP contribution in [-0.2, 0) is 12.8 Å². The second kappa shape index (κ2) is 8.61. The second-order valence-electron chi connectivity index (χ2n) is 6.55. The number of rotatable bonds is 5. The average molecular weight is 464 g/mol. The molecule has 2 aromatic carbocycles. The third kappa shape index (κ3) is 4.68. The van der Waals surface area contributed by atoms with Crippen molar-refractivity contribution in [3.8, 4) is 22.6 Å². The Labute approximate surface area is 185 Å². The molecular weight excluding hydrogens is 450 g/mol. The molecule has 0 fully saturated rings. The molecule has 0 saturated carbocycles. The lowest BCUT2D eigenvalue weighted by atomic mass is 10.1. The third-order valence-electron chi connectivity index (χ3n) is 4.48. The van der Waals surface area contributed by atoms with Crippen LogP contribution in [-0.4, -0.2) is 14.8 Å². The Balaban J connectivity index is 1.62. The number of pyridine rings is 1. The van der Waals surface area contributed by atoms with Crippen LogP contribution in [0.1, 0.15) is 11.4 Å².